The molecule has 1 aliphatic rings. The second-order valence-corrected chi connectivity index (χ2v) is 3.28. The molecule has 78 valence electrons. The third-order valence-corrected chi connectivity index (χ3v) is 2.48. The first-order valence-electron chi connectivity index (χ1n) is 4.25. The second kappa shape index (κ2) is 3.77. The molecule has 0 heterocycles. The molecule has 5 nitrogen and oxygen atoms in total. The summed E-state index contributed by atoms with van der Waals surface area (Å²) < 4.78 is 9.03. The number of carbonyl (C=O) groups excluding carboxylic acids is 3. The molecule has 0 radical (unpaired) electrons. The number of hydrogen-bond acceptors (Lipinski definition) is 5. The van der Waals surface area contributed by atoms with Gasteiger partial charge in [-0.05, 0) is 6.42 Å². The van der Waals surface area contributed by atoms with Gasteiger partial charge in [0, 0.05) is 12.8 Å². The number of carbonyl (C=O) groups is 3. The summed E-state index contributed by atoms with van der Waals surface area (Å²) in [5.41, 5.74) is -1.39. The minimum absolute atomic E-state index is 0.105. The van der Waals surface area contributed by atoms with E-state index in [-0.39, 0.29) is 25.0 Å². The van der Waals surface area contributed by atoms with Gasteiger partial charge in [-0.3, -0.25) is 14.4 Å². The highest BCUT2D eigenvalue weighted by molar-refractivity contribution is 6.06. The van der Waals surface area contributed by atoms with Crippen molar-refractivity contribution in [2.75, 3.05) is 14.2 Å². The normalized spacial score (nSPS) is 19.1. The summed E-state index contributed by atoms with van der Waals surface area (Å²) in [6, 6.07) is 0. The molecular weight excluding hydrogens is 188 g/mol. The third-order valence-electron chi connectivity index (χ3n) is 2.48. The largest absolute Gasteiger partial charge is 0.468 e. The molecule has 0 bridgehead atoms. The zero-order valence-corrected chi connectivity index (χ0v) is 8.16. The number of methoxy groups -OCH3 is 2. The maximum absolute atomic E-state index is 11.4. The highest BCUT2D eigenvalue weighted by Crippen LogP contribution is 2.38. The quantitative estimate of drug-likeness (QED) is 0.466. The molecule has 0 unspecified atom stereocenters. The highest BCUT2D eigenvalue weighted by atomic mass is 16.5. The van der Waals surface area contributed by atoms with Crippen LogP contribution in [0.2, 0.25) is 0 Å². The maximum Gasteiger partial charge on any atom is 0.323 e. The van der Waals surface area contributed by atoms with E-state index < -0.39 is 17.4 Å². The van der Waals surface area contributed by atoms with Crippen LogP contribution >= 0.6 is 0 Å². The van der Waals surface area contributed by atoms with Gasteiger partial charge in [0.15, 0.2) is 5.41 Å². The van der Waals surface area contributed by atoms with E-state index in [1.807, 2.05) is 0 Å². The Balaban J connectivity index is 2.97. The van der Waals surface area contributed by atoms with Crippen molar-refractivity contribution in [2.45, 2.75) is 19.3 Å². The third kappa shape index (κ3) is 1.49. The van der Waals surface area contributed by atoms with Gasteiger partial charge in [-0.15, -0.1) is 0 Å². The van der Waals surface area contributed by atoms with Crippen LogP contribution in [0.5, 0.6) is 0 Å². The van der Waals surface area contributed by atoms with Crippen molar-refractivity contribution in [3.8, 4) is 0 Å². The van der Waals surface area contributed by atoms with Crippen LogP contribution in [0.3, 0.4) is 0 Å². The van der Waals surface area contributed by atoms with Crippen LogP contribution in [-0.2, 0) is 23.9 Å². The predicted octanol–water partition coefficient (Wildman–Crippen LogP) is 0.0718. The van der Waals surface area contributed by atoms with Gasteiger partial charge in [0.05, 0.1) is 14.2 Å². The predicted molar refractivity (Wildman–Crippen MR) is 45.3 cm³/mol. The van der Waals surface area contributed by atoms with Crippen molar-refractivity contribution in [3.05, 3.63) is 0 Å². The lowest BCUT2D eigenvalue weighted by molar-refractivity contribution is -0.169. The number of ketones is 1. The Labute approximate surface area is 81.4 Å². The van der Waals surface area contributed by atoms with Gasteiger partial charge in [0.2, 0.25) is 0 Å². The highest BCUT2D eigenvalue weighted by Gasteiger charge is 2.53. The number of Topliss-reactive ketones (excluding diaryl/α,β-unsaturated/α-hetero) is 1. The number of ether oxygens (including phenoxy) is 2. The smallest absolute Gasteiger partial charge is 0.323 e. The zero-order valence-electron chi connectivity index (χ0n) is 8.16. The van der Waals surface area contributed by atoms with Crippen LogP contribution in [0, 0.1) is 5.41 Å². The lowest BCUT2D eigenvalue weighted by Gasteiger charge is -2.21. The van der Waals surface area contributed by atoms with Gasteiger partial charge in [0.25, 0.3) is 0 Å². The van der Waals surface area contributed by atoms with Crippen LogP contribution in [0.4, 0.5) is 0 Å². The second-order valence-electron chi connectivity index (χ2n) is 3.28. The maximum atomic E-state index is 11.4. The molecule has 1 rings (SSSR count). The average Bonchev–Trinajstić information content (AvgIpc) is 2.59. The fourth-order valence-corrected chi connectivity index (χ4v) is 1.69. The van der Waals surface area contributed by atoms with Crippen molar-refractivity contribution in [3.63, 3.8) is 0 Å². The van der Waals surface area contributed by atoms with Crippen LogP contribution in [0.1, 0.15) is 19.3 Å². The van der Waals surface area contributed by atoms with E-state index in [2.05, 4.69) is 9.47 Å². The topological polar surface area (TPSA) is 69.7 Å². The fraction of sp³-hybridized carbons (Fsp3) is 0.667. The minimum Gasteiger partial charge on any atom is -0.468 e. The summed E-state index contributed by atoms with van der Waals surface area (Å²) in [4.78, 5) is 33.9. The van der Waals surface area contributed by atoms with E-state index >= 15 is 0 Å². The Kier molecular flexibility index (Phi) is 2.88. The van der Waals surface area contributed by atoms with Crippen molar-refractivity contribution in [1.29, 1.82) is 0 Å². The first-order chi connectivity index (χ1) is 6.56. The van der Waals surface area contributed by atoms with E-state index in [9.17, 15) is 14.4 Å². The molecule has 0 amide bonds. The summed E-state index contributed by atoms with van der Waals surface area (Å²) >= 11 is 0. The monoisotopic (exact) mass is 200 g/mol. The molecule has 0 atom stereocenters. The lowest BCUT2D eigenvalue weighted by atomic mass is 9.86. The SMILES string of the molecule is COC(=O)C1(C(=O)OC)CCC(=O)C1. The average molecular weight is 200 g/mol. The zero-order chi connectivity index (χ0) is 10.8. The summed E-state index contributed by atoms with van der Waals surface area (Å²) in [6.07, 6.45) is 0.307. The Hall–Kier alpha value is -1.39. The van der Waals surface area contributed by atoms with Crippen molar-refractivity contribution < 1.29 is 23.9 Å². The van der Waals surface area contributed by atoms with Gasteiger partial charge in [-0.1, -0.05) is 0 Å². The van der Waals surface area contributed by atoms with Gasteiger partial charge in [0.1, 0.15) is 5.78 Å². The molecule has 5 heteroatoms. The van der Waals surface area contributed by atoms with Crippen LogP contribution in [0.15, 0.2) is 0 Å². The van der Waals surface area contributed by atoms with E-state index in [0.717, 1.165) is 0 Å². The Morgan fingerprint density at radius 1 is 1.21 bits per heavy atom. The van der Waals surface area contributed by atoms with Gasteiger partial charge in [-0.2, -0.15) is 0 Å². The minimum atomic E-state index is -1.39. The van der Waals surface area contributed by atoms with Crippen LogP contribution in [-0.4, -0.2) is 31.9 Å². The van der Waals surface area contributed by atoms with E-state index in [0.29, 0.717) is 0 Å². The summed E-state index contributed by atoms with van der Waals surface area (Å²) in [6.45, 7) is 0. The molecule has 14 heavy (non-hydrogen) atoms. The number of rotatable bonds is 2. The van der Waals surface area contributed by atoms with E-state index in [1.165, 1.54) is 14.2 Å². The van der Waals surface area contributed by atoms with Gasteiger partial charge < -0.3 is 9.47 Å². The summed E-state index contributed by atoms with van der Waals surface area (Å²) in [7, 11) is 2.38. The van der Waals surface area contributed by atoms with Crippen LogP contribution < -0.4 is 0 Å². The fourth-order valence-electron chi connectivity index (χ4n) is 1.69. The number of hydrogen-bond donors (Lipinski definition) is 0. The molecule has 0 aromatic heterocycles. The lowest BCUT2D eigenvalue weighted by Crippen LogP contribution is -2.39. The van der Waals surface area contributed by atoms with Crippen molar-refractivity contribution >= 4 is 17.7 Å². The molecule has 0 spiro atoms. The van der Waals surface area contributed by atoms with Gasteiger partial charge >= 0.3 is 11.9 Å². The van der Waals surface area contributed by atoms with Crippen molar-refractivity contribution in [1.82, 2.24) is 0 Å². The Bertz CT molecular complexity index is 265. The Morgan fingerprint density at radius 2 is 1.71 bits per heavy atom. The molecule has 1 fully saturated rings. The molecule has 1 saturated carbocycles. The molecular formula is C9H12O5. The van der Waals surface area contributed by atoms with Crippen LogP contribution in [0.25, 0.3) is 0 Å². The molecule has 0 aromatic rings. The first-order valence-corrected chi connectivity index (χ1v) is 4.25. The summed E-state index contributed by atoms with van der Waals surface area (Å²) in [5, 5.41) is 0. The molecule has 0 aliphatic heterocycles. The standard InChI is InChI=1S/C9H12O5/c1-13-7(11)9(8(12)14-2)4-3-6(10)5-9/h3-5H2,1-2H3. The van der Waals surface area contributed by atoms with Crippen molar-refractivity contribution in [2.24, 2.45) is 5.41 Å². The molecule has 1 aliphatic carbocycles. The van der Waals surface area contributed by atoms with E-state index in [1.54, 1.807) is 0 Å². The molecule has 0 saturated heterocycles. The molecule has 0 N–H and O–H groups in total. The van der Waals surface area contributed by atoms with Gasteiger partial charge in [-0.25, -0.2) is 0 Å². The first kappa shape index (κ1) is 10.7. The molecule has 0 aromatic carbocycles. The number of esters is 2. The Morgan fingerprint density at radius 3 is 2.00 bits per heavy atom. The van der Waals surface area contributed by atoms with E-state index in [4.69, 9.17) is 0 Å². The summed E-state index contributed by atoms with van der Waals surface area (Å²) in [5.74, 6) is -1.48.